The van der Waals surface area contributed by atoms with E-state index in [1.807, 2.05) is 12.4 Å². The van der Waals surface area contributed by atoms with Gasteiger partial charge in [-0.3, -0.25) is 0 Å². The van der Waals surface area contributed by atoms with Crippen LogP contribution in [0.4, 0.5) is 0 Å². The number of hydrogen-bond donors (Lipinski definition) is 1. The number of hydrogen-bond acceptors (Lipinski definition) is 3. The molecule has 1 atom stereocenters. The van der Waals surface area contributed by atoms with Crippen LogP contribution in [0.3, 0.4) is 0 Å². The van der Waals surface area contributed by atoms with Crippen molar-refractivity contribution in [2.75, 3.05) is 13.1 Å². The second-order valence-corrected chi connectivity index (χ2v) is 4.98. The monoisotopic (exact) mass is 245 g/mol. The van der Waals surface area contributed by atoms with Crippen molar-refractivity contribution in [2.45, 2.75) is 32.2 Å². The molecule has 4 heteroatoms. The molecule has 0 bridgehead atoms. The molecular weight excluding hydrogens is 226 g/mol. The van der Waals surface area contributed by atoms with Crippen LogP contribution in [0, 0.1) is 0 Å². The van der Waals surface area contributed by atoms with Gasteiger partial charge in [0, 0.05) is 24.7 Å². The molecule has 1 aliphatic heterocycles. The third-order valence-corrected chi connectivity index (χ3v) is 3.92. The molecule has 0 radical (unpaired) electrons. The molecule has 2 aromatic rings. The van der Waals surface area contributed by atoms with Gasteiger partial charge in [-0.05, 0) is 32.0 Å². The van der Waals surface area contributed by atoms with Gasteiger partial charge in [0.15, 0.2) is 0 Å². The van der Waals surface area contributed by atoms with Gasteiger partial charge in [0.05, 0.1) is 11.7 Å². The molecule has 0 amide bonds. The highest BCUT2D eigenvalue weighted by molar-refractivity contribution is 5.50. The lowest BCUT2D eigenvalue weighted by molar-refractivity contribution is 0.263. The predicted octanol–water partition coefficient (Wildman–Crippen LogP) is 2.07. The number of fused-ring (bicyclic) bond motifs is 1. The summed E-state index contributed by atoms with van der Waals surface area (Å²) in [5.74, 6) is 1.39. The summed E-state index contributed by atoms with van der Waals surface area (Å²) in [6, 6.07) is 4.09. The van der Waals surface area contributed by atoms with Crippen LogP contribution in [0.1, 0.15) is 25.6 Å². The third kappa shape index (κ3) is 1.97. The van der Waals surface area contributed by atoms with Gasteiger partial charge >= 0.3 is 0 Å². The molecule has 1 saturated heterocycles. The molecule has 3 rings (SSSR count). The second-order valence-electron chi connectivity index (χ2n) is 4.98. The van der Waals surface area contributed by atoms with E-state index in [2.05, 4.69) is 21.2 Å². The SMILES string of the molecule is CCN1CCCC1Cc1ncc2cc(O)ccn12. The highest BCUT2D eigenvalue weighted by atomic mass is 16.3. The van der Waals surface area contributed by atoms with Gasteiger partial charge in [-0.1, -0.05) is 6.92 Å². The molecule has 96 valence electrons. The fourth-order valence-corrected chi connectivity index (χ4v) is 2.95. The molecule has 4 nitrogen and oxygen atoms in total. The Balaban J connectivity index is 1.86. The Bertz CT molecular complexity index is 549. The van der Waals surface area contributed by atoms with E-state index in [9.17, 15) is 5.11 Å². The second kappa shape index (κ2) is 4.61. The summed E-state index contributed by atoms with van der Waals surface area (Å²) in [6.45, 7) is 4.56. The number of rotatable bonds is 3. The van der Waals surface area contributed by atoms with Gasteiger partial charge in [0.25, 0.3) is 0 Å². The Morgan fingerprint density at radius 2 is 2.39 bits per heavy atom. The molecule has 3 heterocycles. The summed E-state index contributed by atoms with van der Waals surface area (Å²) in [4.78, 5) is 7.02. The minimum atomic E-state index is 0.296. The highest BCUT2D eigenvalue weighted by Crippen LogP contribution is 2.21. The summed E-state index contributed by atoms with van der Waals surface area (Å²) in [5, 5.41) is 9.45. The maximum atomic E-state index is 9.45. The zero-order valence-electron chi connectivity index (χ0n) is 10.7. The van der Waals surface area contributed by atoms with Crippen LogP contribution in [0.5, 0.6) is 5.75 Å². The Hall–Kier alpha value is -1.55. The molecule has 1 N–H and O–H groups in total. The summed E-state index contributed by atoms with van der Waals surface area (Å²) in [7, 11) is 0. The molecule has 18 heavy (non-hydrogen) atoms. The number of likely N-dealkylation sites (tertiary alicyclic amines) is 1. The molecule has 2 aromatic heterocycles. The van der Waals surface area contributed by atoms with Crippen LogP contribution in [-0.2, 0) is 6.42 Å². The molecule has 1 unspecified atom stereocenters. The minimum absolute atomic E-state index is 0.296. The van der Waals surface area contributed by atoms with Crippen LogP contribution in [-0.4, -0.2) is 38.5 Å². The average molecular weight is 245 g/mol. The molecule has 0 saturated carbocycles. The van der Waals surface area contributed by atoms with Gasteiger partial charge in [-0.25, -0.2) is 4.98 Å². The molecule has 0 spiro atoms. The van der Waals surface area contributed by atoms with Gasteiger partial charge in [-0.2, -0.15) is 0 Å². The molecule has 0 aromatic carbocycles. The standard InChI is InChI=1S/C14H19N3O/c1-2-16-6-3-4-11(16)9-14-15-10-12-8-13(18)5-7-17(12)14/h5,7-8,10-11,18H,2-4,6,9H2,1H3. The quantitative estimate of drug-likeness (QED) is 0.900. The molecule has 1 aliphatic rings. The third-order valence-electron chi connectivity index (χ3n) is 3.92. The van der Waals surface area contributed by atoms with E-state index < -0.39 is 0 Å². The maximum Gasteiger partial charge on any atom is 0.119 e. The number of pyridine rings is 1. The first kappa shape index (κ1) is 11.5. The fraction of sp³-hybridized carbons (Fsp3) is 0.500. The smallest absolute Gasteiger partial charge is 0.119 e. The van der Waals surface area contributed by atoms with Crippen LogP contribution in [0.2, 0.25) is 0 Å². The average Bonchev–Trinajstić information content (AvgIpc) is 2.96. The maximum absolute atomic E-state index is 9.45. The number of likely N-dealkylation sites (N-methyl/N-ethyl adjacent to an activating group) is 1. The van der Waals surface area contributed by atoms with Crippen molar-refractivity contribution in [3.63, 3.8) is 0 Å². The van der Waals surface area contributed by atoms with Gasteiger partial charge in [0.1, 0.15) is 11.6 Å². The minimum Gasteiger partial charge on any atom is -0.508 e. The summed E-state index contributed by atoms with van der Waals surface area (Å²) in [6.07, 6.45) is 7.29. The topological polar surface area (TPSA) is 40.8 Å². The first-order valence-electron chi connectivity index (χ1n) is 6.67. The molecule has 1 fully saturated rings. The number of aromatic nitrogens is 2. The van der Waals surface area contributed by atoms with Crippen LogP contribution < -0.4 is 0 Å². The molecule has 0 aliphatic carbocycles. The van der Waals surface area contributed by atoms with Gasteiger partial charge in [-0.15, -0.1) is 0 Å². The van der Waals surface area contributed by atoms with Gasteiger partial charge in [0.2, 0.25) is 0 Å². The van der Waals surface area contributed by atoms with Crippen molar-refractivity contribution in [1.82, 2.24) is 14.3 Å². The van der Waals surface area contributed by atoms with Crippen LogP contribution in [0.15, 0.2) is 24.5 Å². The van der Waals surface area contributed by atoms with Crippen LogP contribution in [0.25, 0.3) is 5.52 Å². The lowest BCUT2D eigenvalue weighted by Gasteiger charge is -2.22. The Morgan fingerprint density at radius 1 is 1.50 bits per heavy atom. The van der Waals surface area contributed by atoms with Crippen molar-refractivity contribution in [3.05, 3.63) is 30.4 Å². The first-order valence-corrected chi connectivity index (χ1v) is 6.67. The summed E-state index contributed by atoms with van der Waals surface area (Å²) >= 11 is 0. The van der Waals surface area contributed by atoms with Crippen molar-refractivity contribution in [2.24, 2.45) is 0 Å². The lowest BCUT2D eigenvalue weighted by Crippen LogP contribution is -2.31. The number of aromatic hydroxyl groups is 1. The van der Waals surface area contributed by atoms with E-state index in [1.165, 1.54) is 19.4 Å². The molecular formula is C14H19N3O. The zero-order chi connectivity index (χ0) is 12.5. The fourth-order valence-electron chi connectivity index (χ4n) is 2.95. The number of nitrogens with zero attached hydrogens (tertiary/aromatic N) is 3. The predicted molar refractivity (Wildman–Crippen MR) is 70.8 cm³/mol. The Morgan fingerprint density at radius 3 is 3.22 bits per heavy atom. The summed E-state index contributed by atoms with van der Waals surface area (Å²) < 4.78 is 2.08. The van der Waals surface area contributed by atoms with Gasteiger partial charge < -0.3 is 14.4 Å². The van der Waals surface area contributed by atoms with Crippen molar-refractivity contribution in [1.29, 1.82) is 0 Å². The largest absolute Gasteiger partial charge is 0.508 e. The van der Waals surface area contributed by atoms with Crippen LogP contribution >= 0.6 is 0 Å². The summed E-state index contributed by atoms with van der Waals surface area (Å²) in [5.41, 5.74) is 0.964. The van der Waals surface area contributed by atoms with E-state index >= 15 is 0 Å². The van der Waals surface area contributed by atoms with E-state index in [0.29, 0.717) is 11.8 Å². The first-order chi connectivity index (χ1) is 8.78. The lowest BCUT2D eigenvalue weighted by atomic mass is 10.1. The van der Waals surface area contributed by atoms with Crippen molar-refractivity contribution in [3.8, 4) is 5.75 Å². The van der Waals surface area contributed by atoms with E-state index in [1.54, 1.807) is 12.1 Å². The number of imidazole rings is 1. The van der Waals surface area contributed by atoms with Crippen molar-refractivity contribution >= 4 is 5.52 Å². The van der Waals surface area contributed by atoms with Crippen molar-refractivity contribution < 1.29 is 5.11 Å². The van der Waals surface area contributed by atoms with E-state index in [-0.39, 0.29) is 0 Å². The zero-order valence-corrected chi connectivity index (χ0v) is 10.7. The highest BCUT2D eigenvalue weighted by Gasteiger charge is 2.24. The Labute approximate surface area is 107 Å². The Kier molecular flexibility index (Phi) is 2.96. The van der Waals surface area contributed by atoms with E-state index in [0.717, 1.165) is 24.3 Å². The normalized spacial score (nSPS) is 20.8. The van der Waals surface area contributed by atoms with E-state index in [4.69, 9.17) is 0 Å².